The van der Waals surface area contributed by atoms with Crippen LogP contribution in [0.15, 0.2) is 12.4 Å². The zero-order valence-corrected chi connectivity index (χ0v) is 7.83. The van der Waals surface area contributed by atoms with Crippen LogP contribution in [0.25, 0.3) is 0 Å². The summed E-state index contributed by atoms with van der Waals surface area (Å²) in [6, 6.07) is 0. The zero-order valence-electron chi connectivity index (χ0n) is 7.83. The van der Waals surface area contributed by atoms with Crippen molar-refractivity contribution < 1.29 is 9.13 Å². The first-order chi connectivity index (χ1) is 6.27. The summed E-state index contributed by atoms with van der Waals surface area (Å²) < 4.78 is 17.8. The minimum atomic E-state index is -0.421. The van der Waals surface area contributed by atoms with Crippen molar-refractivity contribution in [2.45, 2.75) is 26.4 Å². The molecule has 0 aliphatic heterocycles. The molecule has 4 heteroatoms. The van der Waals surface area contributed by atoms with E-state index < -0.39 is 5.82 Å². The van der Waals surface area contributed by atoms with Crippen molar-refractivity contribution in [3.05, 3.63) is 24.0 Å². The zero-order chi connectivity index (χ0) is 9.68. The second-order valence-electron chi connectivity index (χ2n) is 2.61. The summed E-state index contributed by atoms with van der Waals surface area (Å²) in [5.41, 5.74) is 0. The van der Waals surface area contributed by atoms with E-state index in [1.165, 1.54) is 0 Å². The van der Waals surface area contributed by atoms with Crippen LogP contribution >= 0.6 is 0 Å². The number of hydrogen-bond donors (Lipinski definition) is 0. The molecule has 1 aromatic rings. The average molecular weight is 184 g/mol. The summed E-state index contributed by atoms with van der Waals surface area (Å²) in [7, 11) is 0. The van der Waals surface area contributed by atoms with Crippen LogP contribution < -0.4 is 0 Å². The molecule has 72 valence electrons. The Morgan fingerprint density at radius 3 is 2.46 bits per heavy atom. The van der Waals surface area contributed by atoms with Gasteiger partial charge in [0.2, 0.25) is 0 Å². The Balaban J connectivity index is 2.73. The maximum atomic E-state index is 12.5. The quantitative estimate of drug-likeness (QED) is 0.718. The molecule has 0 fully saturated rings. The lowest BCUT2D eigenvalue weighted by Crippen LogP contribution is -2.07. The van der Waals surface area contributed by atoms with E-state index in [1.807, 2.05) is 13.8 Å². The molecule has 0 saturated carbocycles. The molecule has 3 nitrogen and oxygen atoms in total. The fourth-order valence-electron chi connectivity index (χ4n) is 1.06. The van der Waals surface area contributed by atoms with Crippen molar-refractivity contribution >= 4 is 0 Å². The highest BCUT2D eigenvalue weighted by Crippen LogP contribution is 2.15. The van der Waals surface area contributed by atoms with Crippen molar-refractivity contribution in [2.24, 2.45) is 0 Å². The Hall–Kier alpha value is -1.03. The lowest BCUT2D eigenvalue weighted by molar-refractivity contribution is 0.0533. The van der Waals surface area contributed by atoms with Crippen molar-refractivity contribution in [3.8, 4) is 0 Å². The fourth-order valence-corrected chi connectivity index (χ4v) is 1.06. The van der Waals surface area contributed by atoms with E-state index >= 15 is 0 Å². The van der Waals surface area contributed by atoms with E-state index in [9.17, 15) is 4.39 Å². The van der Waals surface area contributed by atoms with Crippen LogP contribution in [0.1, 0.15) is 32.2 Å². The van der Waals surface area contributed by atoms with Gasteiger partial charge in [0.05, 0.1) is 12.4 Å². The summed E-state index contributed by atoms with van der Waals surface area (Å²) in [6.45, 7) is 4.50. The van der Waals surface area contributed by atoms with Crippen molar-refractivity contribution in [1.82, 2.24) is 9.97 Å². The summed E-state index contributed by atoms with van der Waals surface area (Å²) in [4.78, 5) is 7.71. The standard InChI is InChI=1S/C9H13FN2O/c1-3-8(13-4-2)9-11-5-7(10)6-12-9/h5-6,8H,3-4H2,1-2H3/t8-/m1/s1. The van der Waals surface area contributed by atoms with Crippen LogP contribution in [0, 0.1) is 5.82 Å². The minimum Gasteiger partial charge on any atom is -0.371 e. The van der Waals surface area contributed by atoms with Gasteiger partial charge in [0.15, 0.2) is 11.6 Å². The topological polar surface area (TPSA) is 35.0 Å². The molecule has 0 amide bonds. The number of nitrogens with zero attached hydrogens (tertiary/aromatic N) is 2. The van der Waals surface area contributed by atoms with Crippen LogP contribution in [-0.4, -0.2) is 16.6 Å². The van der Waals surface area contributed by atoms with Crippen LogP contribution in [0.5, 0.6) is 0 Å². The van der Waals surface area contributed by atoms with Gasteiger partial charge in [-0.3, -0.25) is 0 Å². The molecule has 0 spiro atoms. The molecular formula is C9H13FN2O. The lowest BCUT2D eigenvalue weighted by Gasteiger charge is -2.12. The Labute approximate surface area is 77.0 Å². The molecule has 0 N–H and O–H groups in total. The van der Waals surface area contributed by atoms with Crippen molar-refractivity contribution in [3.63, 3.8) is 0 Å². The molecular weight excluding hydrogens is 171 g/mol. The molecule has 0 aliphatic rings. The van der Waals surface area contributed by atoms with Gasteiger partial charge in [0.25, 0.3) is 0 Å². The van der Waals surface area contributed by atoms with E-state index in [0.717, 1.165) is 18.8 Å². The summed E-state index contributed by atoms with van der Waals surface area (Å²) in [5.74, 6) is 0.126. The van der Waals surface area contributed by atoms with Gasteiger partial charge in [-0.1, -0.05) is 6.92 Å². The van der Waals surface area contributed by atoms with Gasteiger partial charge in [-0.25, -0.2) is 14.4 Å². The predicted molar refractivity (Wildman–Crippen MR) is 46.6 cm³/mol. The molecule has 1 aromatic heterocycles. The monoisotopic (exact) mass is 184 g/mol. The van der Waals surface area contributed by atoms with Gasteiger partial charge < -0.3 is 4.74 Å². The van der Waals surface area contributed by atoms with E-state index in [0.29, 0.717) is 12.4 Å². The van der Waals surface area contributed by atoms with E-state index in [2.05, 4.69) is 9.97 Å². The SMILES string of the molecule is CCO[C@H](CC)c1ncc(F)cn1. The molecule has 1 atom stereocenters. The van der Waals surface area contributed by atoms with Crippen LogP contribution in [-0.2, 0) is 4.74 Å². The molecule has 0 bridgehead atoms. The smallest absolute Gasteiger partial charge is 0.159 e. The molecule has 0 aliphatic carbocycles. The van der Waals surface area contributed by atoms with Crippen LogP contribution in [0.3, 0.4) is 0 Å². The Morgan fingerprint density at radius 2 is 2.00 bits per heavy atom. The first kappa shape index (κ1) is 10.1. The first-order valence-corrected chi connectivity index (χ1v) is 4.37. The van der Waals surface area contributed by atoms with Gasteiger partial charge >= 0.3 is 0 Å². The maximum absolute atomic E-state index is 12.5. The summed E-state index contributed by atoms with van der Waals surface area (Å²) >= 11 is 0. The van der Waals surface area contributed by atoms with Gasteiger partial charge in [-0.2, -0.15) is 0 Å². The Bertz CT molecular complexity index is 250. The summed E-state index contributed by atoms with van der Waals surface area (Å²) in [5, 5.41) is 0. The third kappa shape index (κ3) is 2.73. The number of hydrogen-bond acceptors (Lipinski definition) is 3. The molecule has 1 rings (SSSR count). The van der Waals surface area contributed by atoms with Crippen LogP contribution in [0.4, 0.5) is 4.39 Å². The Morgan fingerprint density at radius 1 is 1.38 bits per heavy atom. The summed E-state index contributed by atoms with van der Waals surface area (Å²) in [6.07, 6.45) is 2.98. The average Bonchev–Trinajstić information content (AvgIpc) is 2.16. The van der Waals surface area contributed by atoms with Gasteiger partial charge in [0, 0.05) is 6.61 Å². The maximum Gasteiger partial charge on any atom is 0.159 e. The predicted octanol–water partition coefficient (Wildman–Crippen LogP) is 2.10. The van der Waals surface area contributed by atoms with E-state index in [1.54, 1.807) is 0 Å². The number of ether oxygens (including phenoxy) is 1. The highest BCUT2D eigenvalue weighted by Gasteiger charge is 2.11. The van der Waals surface area contributed by atoms with Gasteiger partial charge in [-0.05, 0) is 13.3 Å². The Kier molecular flexibility index (Phi) is 3.76. The largest absolute Gasteiger partial charge is 0.371 e. The molecule has 13 heavy (non-hydrogen) atoms. The third-order valence-corrected chi connectivity index (χ3v) is 1.67. The minimum absolute atomic E-state index is 0.120. The van der Waals surface area contributed by atoms with E-state index in [-0.39, 0.29) is 6.10 Å². The molecule has 0 radical (unpaired) electrons. The number of halogens is 1. The molecule has 0 unspecified atom stereocenters. The normalized spacial score (nSPS) is 12.8. The molecule has 1 heterocycles. The highest BCUT2D eigenvalue weighted by molar-refractivity contribution is 4.94. The molecule has 0 saturated heterocycles. The van der Waals surface area contributed by atoms with Crippen molar-refractivity contribution in [2.75, 3.05) is 6.61 Å². The van der Waals surface area contributed by atoms with Gasteiger partial charge in [-0.15, -0.1) is 0 Å². The second-order valence-corrected chi connectivity index (χ2v) is 2.61. The second kappa shape index (κ2) is 4.87. The van der Waals surface area contributed by atoms with Crippen LogP contribution in [0.2, 0.25) is 0 Å². The van der Waals surface area contributed by atoms with E-state index in [4.69, 9.17) is 4.74 Å². The third-order valence-electron chi connectivity index (χ3n) is 1.67. The molecule has 0 aromatic carbocycles. The fraction of sp³-hybridized carbons (Fsp3) is 0.556. The van der Waals surface area contributed by atoms with Crippen molar-refractivity contribution in [1.29, 1.82) is 0 Å². The highest BCUT2D eigenvalue weighted by atomic mass is 19.1. The number of aromatic nitrogens is 2. The van der Waals surface area contributed by atoms with Gasteiger partial charge in [0.1, 0.15) is 6.10 Å². The lowest BCUT2D eigenvalue weighted by atomic mass is 10.2. The first-order valence-electron chi connectivity index (χ1n) is 4.37. The number of rotatable bonds is 4.